The molecule has 2 aliphatic heterocycles. The molecule has 260 valence electrons. The van der Waals surface area contributed by atoms with Crippen LogP contribution in [0.5, 0.6) is 0 Å². The first-order valence-corrected chi connectivity index (χ1v) is 16.5. The van der Waals surface area contributed by atoms with Crippen LogP contribution in [-0.4, -0.2) is 60.4 Å². The van der Waals surface area contributed by atoms with E-state index in [9.17, 15) is 27.2 Å². The fraction of sp³-hybridized carbons (Fsp3) is 0.250. The first kappa shape index (κ1) is 36.2. The van der Waals surface area contributed by atoms with Gasteiger partial charge in [-0.05, 0) is 65.6 Å². The summed E-state index contributed by atoms with van der Waals surface area (Å²) in [6, 6.07) is 25.5. The molecular formula is C40H40F4N4O2. The van der Waals surface area contributed by atoms with Crippen LogP contribution in [0.15, 0.2) is 109 Å². The van der Waals surface area contributed by atoms with Gasteiger partial charge in [0, 0.05) is 62.1 Å². The van der Waals surface area contributed by atoms with Gasteiger partial charge in [-0.2, -0.15) is 0 Å². The van der Waals surface area contributed by atoms with Crippen molar-refractivity contribution in [1.82, 2.24) is 9.80 Å². The molecular weight excluding hydrogens is 644 g/mol. The van der Waals surface area contributed by atoms with Crippen molar-refractivity contribution in [2.75, 3.05) is 32.7 Å². The molecule has 2 heterocycles. The minimum absolute atomic E-state index is 0.0747. The van der Waals surface area contributed by atoms with Gasteiger partial charge in [-0.3, -0.25) is 9.59 Å². The molecule has 50 heavy (non-hydrogen) atoms. The standard InChI is InChI=1S/2C20H20F2N2O/c1-13(23)20(25)24-11-15(14-5-3-2-4-6-14)9-16(12-24)18-10-17(21)7-8-19(18)22;21-17-6-7-19(22)18(11-17)16-10-15(14-4-2-1-3-5-14)12-24(13-16)20(25)8-9-23/h2-10,13,15H,11-12,23H2,1H3;1-7,10-11,15H,8-9,12-13,23H2. The van der Waals surface area contributed by atoms with E-state index in [0.29, 0.717) is 24.2 Å². The Morgan fingerprint density at radius 3 is 1.58 bits per heavy atom. The van der Waals surface area contributed by atoms with E-state index in [1.54, 1.807) is 16.7 Å². The Hall–Kier alpha value is -5.06. The molecule has 0 spiro atoms. The summed E-state index contributed by atoms with van der Waals surface area (Å²) in [5.74, 6) is -2.47. The Morgan fingerprint density at radius 2 is 1.14 bits per heavy atom. The molecule has 2 aliphatic rings. The lowest BCUT2D eigenvalue weighted by atomic mass is 9.89. The average molecular weight is 685 g/mol. The fourth-order valence-corrected chi connectivity index (χ4v) is 6.28. The van der Waals surface area contributed by atoms with Crippen molar-refractivity contribution in [2.45, 2.75) is 31.2 Å². The number of hydrogen-bond acceptors (Lipinski definition) is 4. The Morgan fingerprint density at radius 1 is 0.700 bits per heavy atom. The van der Waals surface area contributed by atoms with Crippen molar-refractivity contribution in [1.29, 1.82) is 0 Å². The highest BCUT2D eigenvalue weighted by atomic mass is 19.1. The molecule has 4 aromatic carbocycles. The Bertz CT molecular complexity index is 1860. The van der Waals surface area contributed by atoms with Gasteiger partial charge in [-0.25, -0.2) is 17.6 Å². The fourth-order valence-electron chi connectivity index (χ4n) is 6.28. The third-order valence-electron chi connectivity index (χ3n) is 8.78. The number of benzene rings is 4. The van der Waals surface area contributed by atoms with Crippen LogP contribution in [0.3, 0.4) is 0 Å². The lowest BCUT2D eigenvalue weighted by molar-refractivity contribution is -0.132. The number of nitrogens with zero attached hydrogens (tertiary/aromatic N) is 2. The SMILES string of the molecule is CC(N)C(=O)N1CC(c2cc(F)ccc2F)=CC(c2ccccc2)C1.NCCC(=O)N1CC(c2cc(F)ccc2F)=CC(c2ccccc2)C1. The molecule has 0 aromatic heterocycles. The van der Waals surface area contributed by atoms with Crippen LogP contribution in [0.2, 0.25) is 0 Å². The third kappa shape index (κ3) is 8.94. The number of carbonyl (C=O) groups is 2. The highest BCUT2D eigenvalue weighted by molar-refractivity contribution is 5.84. The van der Waals surface area contributed by atoms with Gasteiger partial charge < -0.3 is 21.3 Å². The molecule has 0 saturated heterocycles. The normalized spacial score (nSPS) is 18.0. The molecule has 4 aromatic rings. The van der Waals surface area contributed by atoms with E-state index in [0.717, 1.165) is 35.4 Å². The molecule has 10 heteroatoms. The van der Waals surface area contributed by atoms with Gasteiger partial charge >= 0.3 is 0 Å². The third-order valence-corrected chi connectivity index (χ3v) is 8.78. The van der Waals surface area contributed by atoms with E-state index in [2.05, 4.69) is 0 Å². The summed E-state index contributed by atoms with van der Waals surface area (Å²) in [6.07, 6.45) is 4.08. The summed E-state index contributed by atoms with van der Waals surface area (Å²) >= 11 is 0. The van der Waals surface area contributed by atoms with E-state index in [1.807, 2.05) is 72.8 Å². The molecule has 0 aliphatic carbocycles. The highest BCUT2D eigenvalue weighted by Gasteiger charge is 2.29. The van der Waals surface area contributed by atoms with Crippen molar-refractivity contribution in [3.05, 3.63) is 155 Å². The van der Waals surface area contributed by atoms with Crippen LogP contribution < -0.4 is 11.5 Å². The van der Waals surface area contributed by atoms with Gasteiger partial charge in [0.15, 0.2) is 0 Å². The van der Waals surface area contributed by atoms with Gasteiger partial charge in [0.1, 0.15) is 23.3 Å². The first-order valence-electron chi connectivity index (χ1n) is 16.5. The summed E-state index contributed by atoms with van der Waals surface area (Å²) in [7, 11) is 0. The molecule has 0 saturated carbocycles. The molecule has 0 fully saturated rings. The summed E-state index contributed by atoms with van der Waals surface area (Å²) in [4.78, 5) is 28.0. The summed E-state index contributed by atoms with van der Waals surface area (Å²) in [6.45, 7) is 3.32. The minimum atomic E-state index is -0.645. The maximum Gasteiger partial charge on any atom is 0.239 e. The van der Waals surface area contributed by atoms with E-state index in [-0.39, 0.29) is 60.8 Å². The van der Waals surface area contributed by atoms with Gasteiger partial charge in [0.2, 0.25) is 11.8 Å². The number of amides is 2. The molecule has 0 bridgehead atoms. The van der Waals surface area contributed by atoms with Crippen molar-refractivity contribution in [2.24, 2.45) is 11.5 Å². The average Bonchev–Trinajstić information content (AvgIpc) is 3.14. The second-order valence-electron chi connectivity index (χ2n) is 12.5. The number of nitrogens with two attached hydrogens (primary N) is 2. The van der Waals surface area contributed by atoms with E-state index in [4.69, 9.17) is 11.5 Å². The van der Waals surface area contributed by atoms with Crippen LogP contribution in [0, 0.1) is 23.3 Å². The van der Waals surface area contributed by atoms with E-state index < -0.39 is 29.3 Å². The smallest absolute Gasteiger partial charge is 0.239 e. The van der Waals surface area contributed by atoms with Crippen LogP contribution >= 0.6 is 0 Å². The van der Waals surface area contributed by atoms with E-state index in [1.165, 1.54) is 12.1 Å². The van der Waals surface area contributed by atoms with Crippen molar-refractivity contribution in [3.8, 4) is 0 Å². The number of carbonyl (C=O) groups excluding carboxylic acids is 2. The van der Waals surface area contributed by atoms with E-state index >= 15 is 0 Å². The van der Waals surface area contributed by atoms with Crippen LogP contribution in [0.4, 0.5) is 17.6 Å². The molecule has 2 amide bonds. The molecule has 3 unspecified atom stereocenters. The second kappa shape index (κ2) is 16.6. The van der Waals surface area contributed by atoms with Gasteiger partial charge in [0.05, 0.1) is 6.04 Å². The maximum atomic E-state index is 14.2. The molecule has 3 atom stereocenters. The van der Waals surface area contributed by atoms with Gasteiger partial charge in [-0.1, -0.05) is 72.8 Å². The largest absolute Gasteiger partial charge is 0.337 e. The number of hydrogen-bond donors (Lipinski definition) is 2. The monoisotopic (exact) mass is 684 g/mol. The molecule has 0 radical (unpaired) electrons. The highest BCUT2D eigenvalue weighted by Crippen LogP contribution is 2.33. The lowest BCUT2D eigenvalue weighted by Crippen LogP contribution is -2.46. The minimum Gasteiger partial charge on any atom is -0.337 e. The zero-order valence-corrected chi connectivity index (χ0v) is 27.7. The molecule has 4 N–H and O–H groups in total. The lowest BCUT2D eigenvalue weighted by Gasteiger charge is -2.34. The van der Waals surface area contributed by atoms with Gasteiger partial charge in [0.25, 0.3) is 0 Å². The number of rotatable bonds is 7. The Labute approximate surface area is 289 Å². The molecule has 6 nitrogen and oxygen atoms in total. The maximum absolute atomic E-state index is 14.2. The molecule has 6 rings (SSSR count). The Kier molecular flexibility index (Phi) is 12.0. The summed E-state index contributed by atoms with van der Waals surface area (Å²) in [5.41, 5.74) is 14.9. The topological polar surface area (TPSA) is 92.7 Å². The summed E-state index contributed by atoms with van der Waals surface area (Å²) < 4.78 is 55.7. The predicted molar refractivity (Wildman–Crippen MR) is 188 cm³/mol. The van der Waals surface area contributed by atoms with Gasteiger partial charge in [-0.15, -0.1) is 0 Å². The van der Waals surface area contributed by atoms with Crippen molar-refractivity contribution < 1.29 is 27.2 Å². The quantitative estimate of drug-likeness (QED) is 0.214. The second-order valence-corrected chi connectivity index (χ2v) is 12.5. The first-order chi connectivity index (χ1) is 24.0. The zero-order chi connectivity index (χ0) is 35.8. The van der Waals surface area contributed by atoms with Crippen LogP contribution in [0.1, 0.15) is 47.4 Å². The van der Waals surface area contributed by atoms with Crippen molar-refractivity contribution in [3.63, 3.8) is 0 Å². The predicted octanol–water partition coefficient (Wildman–Crippen LogP) is 6.64. The van der Waals surface area contributed by atoms with Crippen LogP contribution in [-0.2, 0) is 9.59 Å². The Balaban J connectivity index is 0.000000194. The zero-order valence-electron chi connectivity index (χ0n) is 27.7. The van der Waals surface area contributed by atoms with Crippen molar-refractivity contribution >= 4 is 23.0 Å². The summed E-state index contributed by atoms with van der Waals surface area (Å²) in [5, 5.41) is 0. The van der Waals surface area contributed by atoms with Crippen LogP contribution in [0.25, 0.3) is 11.1 Å². The number of halogens is 4.